The van der Waals surface area contributed by atoms with Gasteiger partial charge in [-0.2, -0.15) is 0 Å². The Bertz CT molecular complexity index is 484. The minimum atomic E-state index is 0.235. The minimum Gasteiger partial charge on any atom is -0.376 e. The Balaban J connectivity index is 1.87. The second kappa shape index (κ2) is 7.68. The van der Waals surface area contributed by atoms with Crippen molar-refractivity contribution >= 4 is 27.5 Å². The van der Waals surface area contributed by atoms with Crippen molar-refractivity contribution in [1.82, 2.24) is 0 Å². The Morgan fingerprint density at radius 3 is 2.32 bits per heavy atom. The molecule has 0 aliphatic heterocycles. The van der Waals surface area contributed by atoms with Gasteiger partial charge < -0.3 is 4.74 Å². The number of rotatable bonds is 6. The Hall–Kier alpha value is -0.830. The topological polar surface area (TPSA) is 9.23 Å². The third kappa shape index (κ3) is 4.64. The predicted molar refractivity (Wildman–Crippen MR) is 83.7 cm³/mol. The van der Waals surface area contributed by atoms with Gasteiger partial charge in [0.15, 0.2) is 0 Å². The van der Waals surface area contributed by atoms with Gasteiger partial charge in [-0.05, 0) is 23.3 Å². The summed E-state index contributed by atoms with van der Waals surface area (Å²) in [6.07, 6.45) is 0. The van der Waals surface area contributed by atoms with Gasteiger partial charge in [-0.15, -0.1) is 11.6 Å². The molecule has 0 bridgehead atoms. The molecule has 0 fully saturated rings. The first kappa shape index (κ1) is 14.6. The zero-order valence-electron chi connectivity index (χ0n) is 10.6. The van der Waals surface area contributed by atoms with Crippen LogP contribution < -0.4 is 0 Å². The molecule has 0 heterocycles. The predicted octanol–water partition coefficient (Wildman–Crippen LogP) is 4.99. The molecule has 0 saturated heterocycles. The van der Waals surface area contributed by atoms with Crippen LogP contribution in [0.2, 0.25) is 0 Å². The van der Waals surface area contributed by atoms with Crippen molar-refractivity contribution in [2.24, 2.45) is 0 Å². The molecule has 0 saturated carbocycles. The molecule has 1 nitrogen and oxygen atoms in total. The van der Waals surface area contributed by atoms with E-state index in [4.69, 9.17) is 16.3 Å². The zero-order chi connectivity index (χ0) is 13.5. The van der Waals surface area contributed by atoms with E-state index in [0.717, 1.165) is 4.47 Å². The summed E-state index contributed by atoms with van der Waals surface area (Å²) in [5.74, 6) is 0.801. The normalized spacial score (nSPS) is 12.3. The van der Waals surface area contributed by atoms with Crippen molar-refractivity contribution in [2.45, 2.75) is 12.5 Å². The molecule has 2 aromatic rings. The van der Waals surface area contributed by atoms with Crippen LogP contribution in [0.25, 0.3) is 0 Å². The zero-order valence-corrected chi connectivity index (χ0v) is 12.9. The largest absolute Gasteiger partial charge is 0.376 e. The molecule has 2 aromatic carbocycles. The summed E-state index contributed by atoms with van der Waals surface area (Å²) in [7, 11) is 0. The van der Waals surface area contributed by atoms with Crippen molar-refractivity contribution in [3.63, 3.8) is 0 Å². The molecule has 0 aromatic heterocycles. The summed E-state index contributed by atoms with van der Waals surface area (Å²) in [5, 5.41) is 0. The molecule has 0 amide bonds. The van der Waals surface area contributed by atoms with Gasteiger partial charge in [0.1, 0.15) is 0 Å². The Kier molecular flexibility index (Phi) is 5.90. The first-order valence-electron chi connectivity index (χ1n) is 6.22. The number of hydrogen-bond acceptors (Lipinski definition) is 1. The Morgan fingerprint density at radius 1 is 1.00 bits per heavy atom. The van der Waals surface area contributed by atoms with Crippen molar-refractivity contribution < 1.29 is 4.74 Å². The van der Waals surface area contributed by atoms with Gasteiger partial charge in [-0.25, -0.2) is 0 Å². The highest BCUT2D eigenvalue weighted by molar-refractivity contribution is 9.10. The lowest BCUT2D eigenvalue weighted by molar-refractivity contribution is 0.111. The third-order valence-electron chi connectivity index (χ3n) is 2.96. The fourth-order valence-electron chi connectivity index (χ4n) is 1.86. The van der Waals surface area contributed by atoms with Crippen LogP contribution in [0, 0.1) is 0 Å². The van der Waals surface area contributed by atoms with E-state index in [-0.39, 0.29) is 5.92 Å². The maximum Gasteiger partial charge on any atom is 0.0717 e. The van der Waals surface area contributed by atoms with E-state index in [1.165, 1.54) is 11.1 Å². The molecule has 0 radical (unpaired) electrons. The summed E-state index contributed by atoms with van der Waals surface area (Å²) >= 11 is 9.47. The molecular formula is C16H16BrClO. The maximum atomic E-state index is 6.03. The van der Waals surface area contributed by atoms with Gasteiger partial charge in [0.25, 0.3) is 0 Å². The number of hydrogen-bond donors (Lipinski definition) is 0. The summed E-state index contributed by atoms with van der Waals surface area (Å²) in [5.41, 5.74) is 2.40. The number of alkyl halides is 1. The van der Waals surface area contributed by atoms with Gasteiger partial charge >= 0.3 is 0 Å². The van der Waals surface area contributed by atoms with Gasteiger partial charge in [-0.1, -0.05) is 58.4 Å². The second-order valence-corrected chi connectivity index (χ2v) is 5.63. The molecule has 3 heteroatoms. The highest BCUT2D eigenvalue weighted by atomic mass is 79.9. The van der Waals surface area contributed by atoms with Gasteiger partial charge in [-0.3, -0.25) is 0 Å². The van der Waals surface area contributed by atoms with E-state index in [0.29, 0.717) is 19.1 Å². The van der Waals surface area contributed by atoms with Crippen LogP contribution >= 0.6 is 27.5 Å². The molecule has 0 N–H and O–H groups in total. The molecular weight excluding hydrogens is 324 g/mol. The molecule has 100 valence electrons. The number of benzene rings is 2. The average Bonchev–Trinajstić information content (AvgIpc) is 2.46. The minimum absolute atomic E-state index is 0.235. The summed E-state index contributed by atoms with van der Waals surface area (Å²) in [4.78, 5) is 0. The van der Waals surface area contributed by atoms with E-state index in [2.05, 4.69) is 40.2 Å². The van der Waals surface area contributed by atoms with Gasteiger partial charge in [0, 0.05) is 16.3 Å². The fourth-order valence-corrected chi connectivity index (χ4v) is 2.39. The van der Waals surface area contributed by atoms with Crippen molar-refractivity contribution in [3.05, 3.63) is 70.2 Å². The summed E-state index contributed by atoms with van der Waals surface area (Å²) in [6, 6.07) is 18.4. The van der Waals surface area contributed by atoms with Crippen molar-refractivity contribution in [1.29, 1.82) is 0 Å². The van der Waals surface area contributed by atoms with Gasteiger partial charge in [0.2, 0.25) is 0 Å². The molecule has 0 aliphatic carbocycles. The highest BCUT2D eigenvalue weighted by Gasteiger charge is 2.10. The lowest BCUT2D eigenvalue weighted by Gasteiger charge is -2.15. The van der Waals surface area contributed by atoms with Crippen LogP contribution in [0.15, 0.2) is 59.1 Å². The quantitative estimate of drug-likeness (QED) is 0.674. The Labute approximate surface area is 127 Å². The van der Waals surface area contributed by atoms with E-state index < -0.39 is 0 Å². The Morgan fingerprint density at radius 2 is 1.68 bits per heavy atom. The van der Waals surface area contributed by atoms with Gasteiger partial charge in [0.05, 0.1) is 13.2 Å². The molecule has 19 heavy (non-hydrogen) atoms. The lowest BCUT2D eigenvalue weighted by Crippen LogP contribution is -2.09. The average molecular weight is 340 g/mol. The smallest absolute Gasteiger partial charge is 0.0717 e. The van der Waals surface area contributed by atoms with Crippen LogP contribution in [0.1, 0.15) is 17.0 Å². The van der Waals surface area contributed by atoms with E-state index in [1.807, 2.05) is 30.3 Å². The summed E-state index contributed by atoms with van der Waals surface area (Å²) in [6.45, 7) is 1.27. The number of halogens is 2. The van der Waals surface area contributed by atoms with E-state index in [1.54, 1.807) is 0 Å². The van der Waals surface area contributed by atoms with Crippen molar-refractivity contribution in [2.75, 3.05) is 12.5 Å². The second-order valence-electron chi connectivity index (χ2n) is 4.40. The number of ether oxygens (including phenoxy) is 1. The first-order chi connectivity index (χ1) is 9.29. The van der Waals surface area contributed by atoms with Crippen LogP contribution in [-0.2, 0) is 11.3 Å². The lowest BCUT2D eigenvalue weighted by atomic mass is 10.0. The molecule has 0 aliphatic rings. The SMILES string of the molecule is ClCC(COCc1ccccc1)c1ccc(Br)cc1. The summed E-state index contributed by atoms with van der Waals surface area (Å²) < 4.78 is 6.84. The highest BCUT2D eigenvalue weighted by Crippen LogP contribution is 2.21. The van der Waals surface area contributed by atoms with Crippen LogP contribution in [-0.4, -0.2) is 12.5 Å². The first-order valence-corrected chi connectivity index (χ1v) is 7.55. The van der Waals surface area contributed by atoms with E-state index >= 15 is 0 Å². The molecule has 0 spiro atoms. The third-order valence-corrected chi connectivity index (χ3v) is 3.86. The molecule has 1 unspecified atom stereocenters. The molecule has 1 atom stereocenters. The fraction of sp³-hybridized carbons (Fsp3) is 0.250. The molecule has 2 rings (SSSR count). The maximum absolute atomic E-state index is 6.03. The van der Waals surface area contributed by atoms with E-state index in [9.17, 15) is 0 Å². The van der Waals surface area contributed by atoms with Crippen molar-refractivity contribution in [3.8, 4) is 0 Å². The van der Waals surface area contributed by atoms with Crippen LogP contribution in [0.4, 0.5) is 0 Å². The van der Waals surface area contributed by atoms with Crippen LogP contribution in [0.3, 0.4) is 0 Å². The van der Waals surface area contributed by atoms with Crippen LogP contribution in [0.5, 0.6) is 0 Å². The standard InChI is InChI=1S/C16H16BrClO/c17-16-8-6-14(7-9-16)15(10-18)12-19-11-13-4-2-1-3-5-13/h1-9,15H,10-12H2. The monoisotopic (exact) mass is 338 g/mol.